The van der Waals surface area contributed by atoms with Gasteiger partial charge in [-0.1, -0.05) is 25.4 Å². The minimum absolute atomic E-state index is 0.172. The minimum Gasteiger partial charge on any atom is -0.394 e. The molecular weight excluding hydrogens is 286 g/mol. The Morgan fingerprint density at radius 3 is 2.81 bits per heavy atom. The van der Waals surface area contributed by atoms with E-state index in [1.54, 1.807) is 0 Å². The molecule has 0 spiro atoms. The van der Waals surface area contributed by atoms with Crippen LogP contribution in [0.3, 0.4) is 0 Å². The van der Waals surface area contributed by atoms with Crippen LogP contribution in [0.1, 0.15) is 57.7 Å². The lowest BCUT2D eigenvalue weighted by Crippen LogP contribution is -2.48. The Labute approximate surface area is 131 Å². The number of aliphatic hydroxyl groups excluding tert-OH is 1. The molecule has 1 aliphatic heterocycles. The van der Waals surface area contributed by atoms with E-state index in [1.807, 2.05) is 6.07 Å². The number of aromatic nitrogens is 2. The summed E-state index contributed by atoms with van der Waals surface area (Å²) in [5.74, 6) is 2.79. The van der Waals surface area contributed by atoms with Crippen molar-refractivity contribution in [2.45, 2.75) is 57.4 Å². The van der Waals surface area contributed by atoms with Gasteiger partial charge in [0.25, 0.3) is 0 Å². The van der Waals surface area contributed by atoms with Crippen LogP contribution < -0.4 is 4.90 Å². The highest BCUT2D eigenvalue weighted by molar-refractivity contribution is 6.29. The van der Waals surface area contributed by atoms with E-state index < -0.39 is 0 Å². The summed E-state index contributed by atoms with van der Waals surface area (Å²) < 4.78 is 0. The second kappa shape index (κ2) is 5.73. The standard InChI is InChI=1S/C16H24ClN3O/c1-11(2)9-16(10-21)6-3-7-20(16)14-8-13(17)18-15(19-14)12-4-5-12/h8,11-12,21H,3-7,9-10H2,1-2H3/t16-/m0/s1. The Hall–Kier alpha value is -0.870. The van der Waals surface area contributed by atoms with Gasteiger partial charge in [0, 0.05) is 18.5 Å². The Morgan fingerprint density at radius 1 is 1.43 bits per heavy atom. The summed E-state index contributed by atoms with van der Waals surface area (Å²) >= 11 is 6.20. The van der Waals surface area contributed by atoms with Crippen molar-refractivity contribution in [1.29, 1.82) is 0 Å². The van der Waals surface area contributed by atoms with Gasteiger partial charge < -0.3 is 10.0 Å². The Balaban J connectivity index is 1.93. The highest BCUT2D eigenvalue weighted by atomic mass is 35.5. The highest BCUT2D eigenvalue weighted by Crippen LogP contribution is 2.42. The zero-order valence-electron chi connectivity index (χ0n) is 12.8. The van der Waals surface area contributed by atoms with Crippen molar-refractivity contribution in [2.75, 3.05) is 18.1 Å². The molecule has 21 heavy (non-hydrogen) atoms. The summed E-state index contributed by atoms with van der Waals surface area (Å²) in [6, 6.07) is 1.85. The zero-order valence-corrected chi connectivity index (χ0v) is 13.6. The van der Waals surface area contributed by atoms with Crippen LogP contribution in [0.4, 0.5) is 5.82 Å². The van der Waals surface area contributed by atoms with Crippen LogP contribution >= 0.6 is 11.6 Å². The molecule has 4 nitrogen and oxygen atoms in total. The number of nitrogens with zero attached hydrogens (tertiary/aromatic N) is 3. The van der Waals surface area contributed by atoms with Crippen molar-refractivity contribution in [2.24, 2.45) is 5.92 Å². The van der Waals surface area contributed by atoms with Crippen molar-refractivity contribution < 1.29 is 5.11 Å². The maximum Gasteiger partial charge on any atom is 0.135 e. The van der Waals surface area contributed by atoms with Crippen molar-refractivity contribution in [1.82, 2.24) is 9.97 Å². The molecule has 2 heterocycles. The van der Waals surface area contributed by atoms with Crippen LogP contribution in [0.2, 0.25) is 5.15 Å². The van der Waals surface area contributed by atoms with E-state index in [-0.39, 0.29) is 12.1 Å². The van der Waals surface area contributed by atoms with Crippen LogP contribution in [0.25, 0.3) is 0 Å². The molecule has 1 saturated carbocycles. The lowest BCUT2D eigenvalue weighted by molar-refractivity contribution is 0.174. The predicted octanol–water partition coefficient (Wildman–Crippen LogP) is 3.38. The maximum atomic E-state index is 10.0. The molecule has 5 heteroatoms. The van der Waals surface area contributed by atoms with E-state index in [0.29, 0.717) is 17.0 Å². The van der Waals surface area contributed by atoms with Gasteiger partial charge in [0.2, 0.25) is 0 Å². The molecule has 0 amide bonds. The summed E-state index contributed by atoms with van der Waals surface area (Å²) in [4.78, 5) is 11.4. The van der Waals surface area contributed by atoms with Crippen LogP contribution in [0.15, 0.2) is 6.07 Å². The molecule has 2 fully saturated rings. The van der Waals surface area contributed by atoms with E-state index >= 15 is 0 Å². The third-order valence-corrected chi connectivity index (χ3v) is 4.79. The Kier molecular flexibility index (Phi) is 4.10. The summed E-state index contributed by atoms with van der Waals surface area (Å²) in [7, 11) is 0. The third-order valence-electron chi connectivity index (χ3n) is 4.60. The SMILES string of the molecule is CC(C)C[C@]1(CO)CCCN1c1cc(Cl)nc(C2CC2)n1. The van der Waals surface area contributed by atoms with Crippen molar-refractivity contribution in [3.63, 3.8) is 0 Å². The van der Waals surface area contributed by atoms with Gasteiger partial charge in [0.05, 0.1) is 12.1 Å². The molecule has 1 atom stereocenters. The average molecular weight is 310 g/mol. The smallest absolute Gasteiger partial charge is 0.135 e. The second-order valence-electron chi connectivity index (χ2n) is 6.92. The monoisotopic (exact) mass is 309 g/mol. The molecule has 1 aromatic heterocycles. The largest absolute Gasteiger partial charge is 0.394 e. The summed E-state index contributed by atoms with van der Waals surface area (Å²) in [6.45, 7) is 5.52. The van der Waals surface area contributed by atoms with Gasteiger partial charge in [-0.25, -0.2) is 9.97 Å². The van der Waals surface area contributed by atoms with Gasteiger partial charge >= 0.3 is 0 Å². The van der Waals surface area contributed by atoms with Crippen LogP contribution in [0.5, 0.6) is 0 Å². The number of rotatable bonds is 5. The van der Waals surface area contributed by atoms with Gasteiger partial charge in [-0.05, 0) is 38.0 Å². The normalized spacial score (nSPS) is 25.9. The average Bonchev–Trinajstić information content (AvgIpc) is 3.20. The minimum atomic E-state index is -0.188. The number of halogens is 1. The molecule has 0 bridgehead atoms. The van der Waals surface area contributed by atoms with E-state index in [0.717, 1.165) is 50.3 Å². The van der Waals surface area contributed by atoms with Gasteiger partial charge in [0.1, 0.15) is 16.8 Å². The molecule has 0 radical (unpaired) electrons. The molecule has 0 aromatic carbocycles. The van der Waals surface area contributed by atoms with Gasteiger partial charge in [-0.15, -0.1) is 0 Å². The van der Waals surface area contributed by atoms with E-state index in [9.17, 15) is 5.11 Å². The fourth-order valence-corrected chi connectivity index (χ4v) is 3.77. The van der Waals surface area contributed by atoms with Crippen LogP contribution in [-0.4, -0.2) is 33.8 Å². The number of aliphatic hydroxyl groups is 1. The number of hydrogen-bond acceptors (Lipinski definition) is 4. The van der Waals surface area contributed by atoms with Crippen LogP contribution in [0, 0.1) is 5.92 Å². The topological polar surface area (TPSA) is 49.2 Å². The van der Waals surface area contributed by atoms with Crippen molar-refractivity contribution in [3.8, 4) is 0 Å². The van der Waals surface area contributed by atoms with E-state index in [4.69, 9.17) is 16.6 Å². The zero-order chi connectivity index (χ0) is 15.0. The first-order valence-corrected chi connectivity index (χ1v) is 8.35. The molecule has 116 valence electrons. The molecule has 0 unspecified atom stereocenters. The number of hydrogen-bond donors (Lipinski definition) is 1. The van der Waals surface area contributed by atoms with Gasteiger partial charge in [0.15, 0.2) is 0 Å². The van der Waals surface area contributed by atoms with Crippen molar-refractivity contribution >= 4 is 17.4 Å². The Morgan fingerprint density at radius 2 is 2.19 bits per heavy atom. The summed E-state index contributed by atoms with van der Waals surface area (Å²) in [5.41, 5.74) is -0.188. The molecule has 2 aliphatic rings. The third kappa shape index (κ3) is 3.02. The highest BCUT2D eigenvalue weighted by Gasteiger charge is 2.42. The lowest BCUT2D eigenvalue weighted by Gasteiger charge is -2.39. The molecular formula is C16H24ClN3O. The first-order valence-electron chi connectivity index (χ1n) is 7.97. The van der Waals surface area contributed by atoms with Gasteiger partial charge in [-0.2, -0.15) is 0 Å². The van der Waals surface area contributed by atoms with Crippen LogP contribution in [-0.2, 0) is 0 Å². The number of anilines is 1. The lowest BCUT2D eigenvalue weighted by atomic mass is 9.87. The molecule has 1 aliphatic carbocycles. The van der Waals surface area contributed by atoms with Crippen molar-refractivity contribution in [3.05, 3.63) is 17.0 Å². The summed E-state index contributed by atoms with van der Waals surface area (Å²) in [5, 5.41) is 10.6. The predicted molar refractivity (Wildman–Crippen MR) is 84.9 cm³/mol. The fraction of sp³-hybridized carbons (Fsp3) is 0.750. The van der Waals surface area contributed by atoms with E-state index in [1.165, 1.54) is 0 Å². The molecule has 3 rings (SSSR count). The Bertz CT molecular complexity index is 518. The quantitative estimate of drug-likeness (QED) is 0.847. The molecule has 1 N–H and O–H groups in total. The first kappa shape index (κ1) is 15.0. The van der Waals surface area contributed by atoms with Gasteiger partial charge in [-0.3, -0.25) is 0 Å². The second-order valence-corrected chi connectivity index (χ2v) is 7.30. The molecule has 1 saturated heterocycles. The maximum absolute atomic E-state index is 10.0. The first-order chi connectivity index (χ1) is 10.0. The summed E-state index contributed by atoms with van der Waals surface area (Å²) in [6.07, 6.45) is 5.41. The van der Waals surface area contributed by atoms with E-state index in [2.05, 4.69) is 23.7 Å². The molecule has 1 aromatic rings. The fourth-order valence-electron chi connectivity index (χ4n) is 3.58.